The summed E-state index contributed by atoms with van der Waals surface area (Å²) in [5.74, 6) is -0.564. The Hall–Kier alpha value is -2.15. The SMILES string of the molecule is CN(C)C(=O)C1CNCCN1C(=O)Nc1cccc(F)c1. The zero-order chi connectivity index (χ0) is 15.4. The average molecular weight is 294 g/mol. The number of nitrogens with one attached hydrogen (secondary N) is 2. The molecule has 1 heterocycles. The van der Waals surface area contributed by atoms with Gasteiger partial charge in [-0.15, -0.1) is 0 Å². The number of benzene rings is 1. The monoisotopic (exact) mass is 294 g/mol. The number of hydrogen-bond donors (Lipinski definition) is 2. The topological polar surface area (TPSA) is 64.7 Å². The van der Waals surface area contributed by atoms with E-state index in [1.165, 1.54) is 28.0 Å². The maximum Gasteiger partial charge on any atom is 0.322 e. The number of anilines is 1. The van der Waals surface area contributed by atoms with Gasteiger partial charge in [-0.3, -0.25) is 4.79 Å². The molecule has 0 saturated carbocycles. The van der Waals surface area contributed by atoms with E-state index in [0.29, 0.717) is 25.3 Å². The smallest absolute Gasteiger partial charge is 0.322 e. The van der Waals surface area contributed by atoms with E-state index in [1.807, 2.05) is 0 Å². The maximum absolute atomic E-state index is 13.1. The number of amides is 3. The largest absolute Gasteiger partial charge is 0.347 e. The summed E-state index contributed by atoms with van der Waals surface area (Å²) in [4.78, 5) is 27.4. The molecule has 1 aliphatic heterocycles. The predicted molar refractivity (Wildman–Crippen MR) is 77.5 cm³/mol. The molecule has 3 amide bonds. The number of urea groups is 1. The van der Waals surface area contributed by atoms with Gasteiger partial charge in [0.15, 0.2) is 0 Å². The van der Waals surface area contributed by atoms with Gasteiger partial charge in [-0.1, -0.05) is 6.07 Å². The second kappa shape index (κ2) is 6.53. The normalized spacial score (nSPS) is 18.2. The second-order valence-corrected chi connectivity index (χ2v) is 5.09. The number of likely N-dealkylation sites (N-methyl/N-ethyl adjacent to an activating group) is 1. The van der Waals surface area contributed by atoms with Gasteiger partial charge in [-0.05, 0) is 18.2 Å². The van der Waals surface area contributed by atoms with E-state index in [0.717, 1.165) is 0 Å². The zero-order valence-electron chi connectivity index (χ0n) is 12.1. The maximum atomic E-state index is 13.1. The van der Waals surface area contributed by atoms with Crippen molar-refractivity contribution in [3.8, 4) is 0 Å². The van der Waals surface area contributed by atoms with Crippen LogP contribution in [0.2, 0.25) is 0 Å². The Morgan fingerprint density at radius 3 is 2.86 bits per heavy atom. The lowest BCUT2D eigenvalue weighted by Crippen LogP contribution is -2.60. The summed E-state index contributed by atoms with van der Waals surface area (Å²) in [6.07, 6.45) is 0. The molecule has 1 aliphatic rings. The molecule has 1 fully saturated rings. The second-order valence-electron chi connectivity index (χ2n) is 5.09. The highest BCUT2D eigenvalue weighted by Crippen LogP contribution is 2.13. The summed E-state index contributed by atoms with van der Waals surface area (Å²) >= 11 is 0. The Kier molecular flexibility index (Phi) is 4.74. The van der Waals surface area contributed by atoms with Crippen LogP contribution in [0.1, 0.15) is 0 Å². The standard InChI is InChI=1S/C14H19FN4O2/c1-18(2)13(20)12-9-16-6-7-19(12)14(21)17-11-5-3-4-10(15)8-11/h3-5,8,12,16H,6-7,9H2,1-2H3,(H,17,21). The minimum atomic E-state index is -0.553. The molecule has 114 valence electrons. The molecule has 1 atom stereocenters. The van der Waals surface area contributed by atoms with E-state index in [1.54, 1.807) is 20.2 Å². The minimum Gasteiger partial charge on any atom is -0.347 e. The van der Waals surface area contributed by atoms with E-state index in [2.05, 4.69) is 10.6 Å². The first-order chi connectivity index (χ1) is 9.99. The number of rotatable bonds is 2. The molecule has 1 saturated heterocycles. The third kappa shape index (κ3) is 3.69. The van der Waals surface area contributed by atoms with Crippen molar-refractivity contribution in [1.29, 1.82) is 0 Å². The van der Waals surface area contributed by atoms with Crippen molar-refractivity contribution >= 4 is 17.6 Å². The van der Waals surface area contributed by atoms with E-state index in [9.17, 15) is 14.0 Å². The number of nitrogens with zero attached hydrogens (tertiary/aromatic N) is 2. The van der Waals surface area contributed by atoms with Crippen molar-refractivity contribution in [3.63, 3.8) is 0 Å². The van der Waals surface area contributed by atoms with Crippen LogP contribution in [0.25, 0.3) is 0 Å². The van der Waals surface area contributed by atoms with Crippen molar-refractivity contribution in [2.45, 2.75) is 6.04 Å². The molecule has 6 nitrogen and oxygen atoms in total. The van der Waals surface area contributed by atoms with Crippen LogP contribution in [0.15, 0.2) is 24.3 Å². The van der Waals surface area contributed by atoms with Gasteiger partial charge in [-0.2, -0.15) is 0 Å². The molecular weight excluding hydrogens is 275 g/mol. The van der Waals surface area contributed by atoms with Crippen LogP contribution in [0.4, 0.5) is 14.9 Å². The van der Waals surface area contributed by atoms with E-state index < -0.39 is 17.9 Å². The van der Waals surface area contributed by atoms with Crippen molar-refractivity contribution in [1.82, 2.24) is 15.1 Å². The molecule has 0 bridgehead atoms. The van der Waals surface area contributed by atoms with E-state index in [-0.39, 0.29) is 5.91 Å². The molecule has 0 radical (unpaired) electrons. The summed E-state index contributed by atoms with van der Waals surface area (Å²) < 4.78 is 13.1. The zero-order valence-corrected chi connectivity index (χ0v) is 12.1. The van der Waals surface area contributed by atoms with Crippen LogP contribution in [-0.2, 0) is 4.79 Å². The molecule has 2 N–H and O–H groups in total. The van der Waals surface area contributed by atoms with Crippen LogP contribution < -0.4 is 10.6 Å². The third-order valence-electron chi connectivity index (χ3n) is 3.31. The van der Waals surface area contributed by atoms with Crippen LogP contribution in [-0.4, -0.2) is 61.5 Å². The molecule has 1 aromatic rings. The predicted octanol–water partition coefficient (Wildman–Crippen LogP) is 0.720. The molecule has 0 aromatic heterocycles. The molecule has 2 rings (SSSR count). The van der Waals surface area contributed by atoms with Crippen LogP contribution >= 0.6 is 0 Å². The lowest BCUT2D eigenvalue weighted by molar-refractivity contribution is -0.133. The molecule has 7 heteroatoms. The van der Waals surface area contributed by atoms with Gasteiger partial charge in [-0.25, -0.2) is 9.18 Å². The summed E-state index contributed by atoms with van der Waals surface area (Å²) in [6.45, 7) is 1.45. The van der Waals surface area contributed by atoms with E-state index >= 15 is 0 Å². The highest BCUT2D eigenvalue weighted by atomic mass is 19.1. The lowest BCUT2D eigenvalue weighted by atomic mass is 10.2. The number of piperazine rings is 1. The molecule has 0 spiro atoms. The van der Waals surface area contributed by atoms with Crippen molar-refractivity contribution in [2.24, 2.45) is 0 Å². The summed E-state index contributed by atoms with van der Waals surface area (Å²) in [5.41, 5.74) is 0.370. The average Bonchev–Trinajstić information content (AvgIpc) is 2.46. The molecule has 21 heavy (non-hydrogen) atoms. The van der Waals surface area contributed by atoms with Gasteiger partial charge in [0.2, 0.25) is 5.91 Å². The van der Waals surface area contributed by atoms with Crippen molar-refractivity contribution < 1.29 is 14.0 Å². The fourth-order valence-corrected chi connectivity index (χ4v) is 2.23. The Labute approximate surface area is 122 Å². The Morgan fingerprint density at radius 1 is 1.43 bits per heavy atom. The Morgan fingerprint density at radius 2 is 2.19 bits per heavy atom. The summed E-state index contributed by atoms with van der Waals surface area (Å²) in [5, 5.41) is 5.72. The molecule has 1 unspecified atom stereocenters. The fourth-order valence-electron chi connectivity index (χ4n) is 2.23. The van der Waals surface area contributed by atoms with Gasteiger partial charge >= 0.3 is 6.03 Å². The van der Waals surface area contributed by atoms with Gasteiger partial charge in [0.25, 0.3) is 0 Å². The summed E-state index contributed by atoms with van der Waals surface area (Å²) in [7, 11) is 3.30. The first-order valence-electron chi connectivity index (χ1n) is 6.74. The van der Waals surface area contributed by atoms with E-state index in [4.69, 9.17) is 0 Å². The molecule has 0 aliphatic carbocycles. The number of halogens is 1. The van der Waals surface area contributed by atoms with Crippen molar-refractivity contribution in [3.05, 3.63) is 30.1 Å². The van der Waals surface area contributed by atoms with Crippen molar-refractivity contribution in [2.75, 3.05) is 39.0 Å². The first-order valence-corrected chi connectivity index (χ1v) is 6.74. The van der Waals surface area contributed by atoms with Crippen LogP contribution in [0.5, 0.6) is 0 Å². The van der Waals surface area contributed by atoms with Gasteiger partial charge in [0.05, 0.1) is 0 Å². The van der Waals surface area contributed by atoms with Gasteiger partial charge in [0, 0.05) is 39.4 Å². The lowest BCUT2D eigenvalue weighted by Gasteiger charge is -2.36. The molecule has 1 aromatic carbocycles. The summed E-state index contributed by atoms with van der Waals surface area (Å²) in [6, 6.07) is 4.71. The quantitative estimate of drug-likeness (QED) is 0.845. The highest BCUT2D eigenvalue weighted by molar-refractivity contribution is 5.94. The number of carbonyl (C=O) groups excluding carboxylic acids is 2. The Bertz CT molecular complexity index is 535. The van der Waals surface area contributed by atoms with Gasteiger partial charge in [0.1, 0.15) is 11.9 Å². The number of hydrogen-bond acceptors (Lipinski definition) is 3. The number of carbonyl (C=O) groups is 2. The third-order valence-corrected chi connectivity index (χ3v) is 3.31. The van der Waals surface area contributed by atoms with Gasteiger partial charge < -0.3 is 20.4 Å². The first kappa shape index (κ1) is 15.2. The highest BCUT2D eigenvalue weighted by Gasteiger charge is 2.33. The Balaban J connectivity index is 2.10. The van der Waals surface area contributed by atoms with Crippen LogP contribution in [0.3, 0.4) is 0 Å². The minimum absolute atomic E-state index is 0.142. The fraction of sp³-hybridized carbons (Fsp3) is 0.429. The molecular formula is C14H19FN4O2. The van der Waals surface area contributed by atoms with Crippen LogP contribution in [0, 0.1) is 5.82 Å².